The van der Waals surface area contributed by atoms with E-state index in [0.717, 1.165) is 0 Å². The standard InChI is InChI=1S/C14H19FN2O3/c1-10-2-3-11(8-12(10)15)17-13(18)16-9-14(19)4-6-20-7-5-14/h2-3,8,19H,4-7,9H2,1H3,(H2,16,17,18). The molecule has 110 valence electrons. The summed E-state index contributed by atoms with van der Waals surface area (Å²) in [7, 11) is 0. The minimum absolute atomic E-state index is 0.149. The van der Waals surface area contributed by atoms with Crippen molar-refractivity contribution in [3.63, 3.8) is 0 Å². The number of hydrogen-bond donors (Lipinski definition) is 3. The Morgan fingerprint density at radius 2 is 2.15 bits per heavy atom. The van der Waals surface area contributed by atoms with Crippen molar-refractivity contribution in [3.05, 3.63) is 29.6 Å². The summed E-state index contributed by atoms with van der Waals surface area (Å²) in [6.07, 6.45) is 0.985. The first-order chi connectivity index (χ1) is 9.48. The molecule has 0 aliphatic carbocycles. The first-order valence-corrected chi connectivity index (χ1v) is 6.60. The number of amides is 2. The highest BCUT2D eigenvalue weighted by Crippen LogP contribution is 2.19. The van der Waals surface area contributed by atoms with Gasteiger partial charge in [-0.15, -0.1) is 0 Å². The van der Waals surface area contributed by atoms with Gasteiger partial charge in [-0.1, -0.05) is 6.07 Å². The van der Waals surface area contributed by atoms with Crippen LogP contribution in [0.25, 0.3) is 0 Å². The van der Waals surface area contributed by atoms with Gasteiger partial charge in [0.25, 0.3) is 0 Å². The minimum atomic E-state index is -0.923. The molecule has 0 radical (unpaired) electrons. The molecule has 2 rings (SSSR count). The Labute approximate surface area is 117 Å². The van der Waals surface area contributed by atoms with Crippen LogP contribution in [-0.2, 0) is 4.74 Å². The van der Waals surface area contributed by atoms with Crippen LogP contribution in [0.1, 0.15) is 18.4 Å². The number of carbonyl (C=O) groups excluding carboxylic acids is 1. The number of benzene rings is 1. The molecule has 20 heavy (non-hydrogen) atoms. The molecular formula is C14H19FN2O3. The molecule has 1 aromatic carbocycles. The number of nitrogens with one attached hydrogen (secondary N) is 2. The summed E-state index contributed by atoms with van der Waals surface area (Å²) in [6, 6.07) is 4.02. The van der Waals surface area contributed by atoms with E-state index in [2.05, 4.69) is 10.6 Å². The zero-order valence-electron chi connectivity index (χ0n) is 11.4. The molecule has 3 N–H and O–H groups in total. The van der Waals surface area contributed by atoms with Gasteiger partial charge in [0.15, 0.2) is 0 Å². The first kappa shape index (κ1) is 14.7. The Bertz CT molecular complexity index is 487. The van der Waals surface area contributed by atoms with E-state index in [1.165, 1.54) is 6.07 Å². The van der Waals surface area contributed by atoms with E-state index in [1.807, 2.05) is 0 Å². The smallest absolute Gasteiger partial charge is 0.319 e. The van der Waals surface area contributed by atoms with E-state index in [-0.39, 0.29) is 12.4 Å². The first-order valence-electron chi connectivity index (χ1n) is 6.60. The number of anilines is 1. The van der Waals surface area contributed by atoms with Crippen LogP contribution >= 0.6 is 0 Å². The molecule has 1 heterocycles. The molecule has 5 nitrogen and oxygen atoms in total. The average molecular weight is 282 g/mol. The molecular weight excluding hydrogens is 263 g/mol. The SMILES string of the molecule is Cc1ccc(NC(=O)NCC2(O)CCOCC2)cc1F. The molecule has 1 fully saturated rings. The molecule has 0 atom stereocenters. The van der Waals surface area contributed by atoms with Gasteiger partial charge < -0.3 is 20.5 Å². The lowest BCUT2D eigenvalue weighted by Gasteiger charge is -2.32. The van der Waals surface area contributed by atoms with E-state index in [4.69, 9.17) is 4.74 Å². The molecule has 1 aliphatic heterocycles. The maximum atomic E-state index is 13.3. The van der Waals surface area contributed by atoms with Gasteiger partial charge in [0.1, 0.15) is 5.82 Å². The normalized spacial score (nSPS) is 17.6. The fourth-order valence-corrected chi connectivity index (χ4v) is 2.02. The van der Waals surface area contributed by atoms with Crippen LogP contribution in [0.2, 0.25) is 0 Å². The zero-order valence-corrected chi connectivity index (χ0v) is 11.4. The molecule has 1 aromatic rings. The third-order valence-corrected chi connectivity index (χ3v) is 3.43. The number of carbonyl (C=O) groups is 1. The van der Waals surface area contributed by atoms with Crippen molar-refractivity contribution >= 4 is 11.7 Å². The van der Waals surface area contributed by atoms with Crippen LogP contribution < -0.4 is 10.6 Å². The monoisotopic (exact) mass is 282 g/mol. The predicted octanol–water partition coefficient (Wildman–Crippen LogP) is 1.80. The highest BCUT2D eigenvalue weighted by Gasteiger charge is 2.30. The Hall–Kier alpha value is -1.66. The minimum Gasteiger partial charge on any atom is -0.388 e. The van der Waals surface area contributed by atoms with Crippen molar-refractivity contribution in [3.8, 4) is 0 Å². The summed E-state index contributed by atoms with van der Waals surface area (Å²) >= 11 is 0. The van der Waals surface area contributed by atoms with Crippen molar-refractivity contribution in [2.24, 2.45) is 0 Å². The lowest BCUT2D eigenvalue weighted by Crippen LogP contribution is -2.47. The number of aryl methyl sites for hydroxylation is 1. The van der Waals surface area contributed by atoms with Crippen molar-refractivity contribution in [1.82, 2.24) is 5.32 Å². The summed E-state index contributed by atoms with van der Waals surface area (Å²) in [5.41, 5.74) is -0.0225. The van der Waals surface area contributed by atoms with Crippen molar-refractivity contribution in [2.45, 2.75) is 25.4 Å². The second-order valence-corrected chi connectivity index (χ2v) is 5.11. The highest BCUT2D eigenvalue weighted by molar-refractivity contribution is 5.89. The van der Waals surface area contributed by atoms with Gasteiger partial charge in [-0.2, -0.15) is 0 Å². The number of halogens is 1. The Morgan fingerprint density at radius 1 is 1.45 bits per heavy atom. The summed E-state index contributed by atoms with van der Waals surface area (Å²) in [5.74, 6) is -0.370. The Morgan fingerprint density at radius 3 is 2.80 bits per heavy atom. The van der Waals surface area contributed by atoms with Gasteiger partial charge in [-0.25, -0.2) is 9.18 Å². The second-order valence-electron chi connectivity index (χ2n) is 5.11. The second kappa shape index (κ2) is 6.19. The third-order valence-electron chi connectivity index (χ3n) is 3.43. The lowest BCUT2D eigenvalue weighted by atomic mass is 9.94. The Kier molecular flexibility index (Phi) is 4.57. The lowest BCUT2D eigenvalue weighted by molar-refractivity contribution is -0.0598. The number of hydrogen-bond acceptors (Lipinski definition) is 3. The van der Waals surface area contributed by atoms with Gasteiger partial charge in [0, 0.05) is 38.3 Å². The Balaban J connectivity index is 1.84. The summed E-state index contributed by atoms with van der Waals surface area (Å²) < 4.78 is 18.5. The molecule has 0 saturated carbocycles. The molecule has 0 unspecified atom stereocenters. The summed E-state index contributed by atoms with van der Waals surface area (Å²) in [4.78, 5) is 11.7. The van der Waals surface area contributed by atoms with E-state index in [1.54, 1.807) is 19.1 Å². The molecule has 2 amide bonds. The zero-order chi connectivity index (χ0) is 14.6. The van der Waals surface area contributed by atoms with E-state index in [9.17, 15) is 14.3 Å². The van der Waals surface area contributed by atoms with E-state index < -0.39 is 11.6 Å². The maximum absolute atomic E-state index is 13.3. The van der Waals surface area contributed by atoms with Crippen LogP contribution in [-0.4, -0.2) is 36.5 Å². The number of aliphatic hydroxyl groups is 1. The predicted molar refractivity (Wildman–Crippen MR) is 73.2 cm³/mol. The highest BCUT2D eigenvalue weighted by atomic mass is 19.1. The van der Waals surface area contributed by atoms with Crippen molar-refractivity contribution in [2.75, 3.05) is 25.1 Å². The van der Waals surface area contributed by atoms with Gasteiger partial charge >= 0.3 is 6.03 Å². The number of rotatable bonds is 3. The molecule has 6 heteroatoms. The maximum Gasteiger partial charge on any atom is 0.319 e. The summed E-state index contributed by atoms with van der Waals surface area (Å²) in [6.45, 7) is 2.78. The topological polar surface area (TPSA) is 70.6 Å². The molecule has 1 saturated heterocycles. The van der Waals surface area contributed by atoms with Crippen LogP contribution in [0.15, 0.2) is 18.2 Å². The van der Waals surface area contributed by atoms with E-state index >= 15 is 0 Å². The summed E-state index contributed by atoms with van der Waals surface area (Å²) in [5, 5.41) is 15.3. The number of ether oxygens (including phenoxy) is 1. The average Bonchev–Trinajstić information content (AvgIpc) is 2.42. The molecule has 0 spiro atoms. The fourth-order valence-electron chi connectivity index (χ4n) is 2.02. The largest absolute Gasteiger partial charge is 0.388 e. The van der Waals surface area contributed by atoms with Crippen LogP contribution in [0, 0.1) is 12.7 Å². The molecule has 0 bridgehead atoms. The number of urea groups is 1. The molecule has 0 aromatic heterocycles. The van der Waals surface area contributed by atoms with Crippen molar-refractivity contribution in [1.29, 1.82) is 0 Å². The molecule has 1 aliphatic rings. The van der Waals surface area contributed by atoms with Crippen LogP contribution in [0.4, 0.5) is 14.9 Å². The van der Waals surface area contributed by atoms with Gasteiger partial charge in [0.05, 0.1) is 5.60 Å². The van der Waals surface area contributed by atoms with Crippen LogP contribution in [0.5, 0.6) is 0 Å². The van der Waals surface area contributed by atoms with Gasteiger partial charge in [0.2, 0.25) is 0 Å². The van der Waals surface area contributed by atoms with Crippen LogP contribution in [0.3, 0.4) is 0 Å². The fraction of sp³-hybridized carbons (Fsp3) is 0.500. The quantitative estimate of drug-likeness (QED) is 0.791. The van der Waals surface area contributed by atoms with Gasteiger partial charge in [-0.05, 0) is 24.6 Å². The van der Waals surface area contributed by atoms with Gasteiger partial charge in [-0.3, -0.25) is 0 Å². The third kappa shape index (κ3) is 3.91. The van der Waals surface area contributed by atoms with E-state index in [0.29, 0.717) is 37.3 Å². The van der Waals surface area contributed by atoms with Crippen molar-refractivity contribution < 1.29 is 19.0 Å².